The van der Waals surface area contributed by atoms with Crippen LogP contribution in [0.15, 0.2) is 36.4 Å². The summed E-state index contributed by atoms with van der Waals surface area (Å²) in [4.78, 5) is 23.5. The van der Waals surface area contributed by atoms with Crippen molar-refractivity contribution in [2.24, 2.45) is 0 Å². The van der Waals surface area contributed by atoms with Gasteiger partial charge in [0.2, 0.25) is 5.91 Å². The molecule has 1 amide bonds. The smallest absolute Gasteiger partial charge is 0.326 e. The molecule has 1 atom stereocenters. The van der Waals surface area contributed by atoms with Crippen molar-refractivity contribution in [3.63, 3.8) is 0 Å². The third kappa shape index (κ3) is 5.38. The molecule has 0 unspecified atom stereocenters. The first-order valence-corrected chi connectivity index (χ1v) is 7.78. The number of rotatable bonds is 6. The van der Waals surface area contributed by atoms with Gasteiger partial charge in [-0.05, 0) is 48.2 Å². The second-order valence-corrected chi connectivity index (χ2v) is 6.04. The molecule has 0 heterocycles. The molecule has 0 spiro atoms. The van der Waals surface area contributed by atoms with Gasteiger partial charge in [-0.1, -0.05) is 18.2 Å². The second kappa shape index (κ2) is 7.88. The molecule has 0 saturated carbocycles. The predicted octanol–water partition coefficient (Wildman–Crippen LogP) is 2.94. The Kier molecular flexibility index (Phi) is 5.85. The van der Waals surface area contributed by atoms with Crippen molar-refractivity contribution in [2.75, 3.05) is 0 Å². The van der Waals surface area contributed by atoms with Gasteiger partial charge in [-0.3, -0.25) is 4.79 Å². The number of carbonyl (C=O) groups is 2. The molecular formula is C19H19F2NO3. The zero-order valence-corrected chi connectivity index (χ0v) is 14.0. The van der Waals surface area contributed by atoms with Crippen LogP contribution >= 0.6 is 0 Å². The van der Waals surface area contributed by atoms with Crippen LogP contribution in [0.2, 0.25) is 0 Å². The zero-order chi connectivity index (χ0) is 18.6. The fraction of sp³-hybridized carbons (Fsp3) is 0.263. The van der Waals surface area contributed by atoms with Gasteiger partial charge in [0.25, 0.3) is 0 Å². The first-order chi connectivity index (χ1) is 11.7. The minimum Gasteiger partial charge on any atom is -0.480 e. The summed E-state index contributed by atoms with van der Waals surface area (Å²) in [5.74, 6) is -3.35. The van der Waals surface area contributed by atoms with Gasteiger partial charge in [-0.2, -0.15) is 0 Å². The molecule has 2 aromatic rings. The Hall–Kier alpha value is -2.76. The number of carbonyl (C=O) groups excluding carboxylic acids is 1. The van der Waals surface area contributed by atoms with Gasteiger partial charge in [0.1, 0.15) is 17.7 Å². The van der Waals surface area contributed by atoms with E-state index in [1.54, 1.807) is 0 Å². The van der Waals surface area contributed by atoms with Crippen LogP contribution in [-0.2, 0) is 22.4 Å². The summed E-state index contributed by atoms with van der Waals surface area (Å²) in [6.45, 7) is 3.87. The van der Waals surface area contributed by atoms with Crippen molar-refractivity contribution in [1.82, 2.24) is 5.32 Å². The van der Waals surface area contributed by atoms with E-state index in [0.29, 0.717) is 6.07 Å². The Labute approximate surface area is 144 Å². The average Bonchev–Trinajstić information content (AvgIpc) is 2.49. The number of aliphatic carboxylic acids is 1. The summed E-state index contributed by atoms with van der Waals surface area (Å²) >= 11 is 0. The maximum atomic E-state index is 13.2. The number of hydrogen-bond donors (Lipinski definition) is 2. The highest BCUT2D eigenvalue weighted by molar-refractivity contribution is 5.85. The van der Waals surface area contributed by atoms with Gasteiger partial charge in [-0.25, -0.2) is 13.6 Å². The lowest BCUT2D eigenvalue weighted by Gasteiger charge is -2.15. The number of benzene rings is 2. The summed E-state index contributed by atoms with van der Waals surface area (Å²) < 4.78 is 26.3. The molecule has 0 fully saturated rings. The highest BCUT2D eigenvalue weighted by atomic mass is 19.1. The largest absolute Gasteiger partial charge is 0.480 e. The molecule has 0 aliphatic rings. The fourth-order valence-electron chi connectivity index (χ4n) is 2.51. The van der Waals surface area contributed by atoms with Crippen LogP contribution in [0.4, 0.5) is 8.78 Å². The molecule has 0 aliphatic heterocycles. The average molecular weight is 347 g/mol. The molecule has 2 aromatic carbocycles. The van der Waals surface area contributed by atoms with Crippen LogP contribution < -0.4 is 5.32 Å². The van der Waals surface area contributed by atoms with Gasteiger partial charge >= 0.3 is 5.97 Å². The molecule has 0 aliphatic carbocycles. The van der Waals surface area contributed by atoms with Gasteiger partial charge in [0.05, 0.1) is 6.42 Å². The Morgan fingerprint density at radius 1 is 1.00 bits per heavy atom. The van der Waals surface area contributed by atoms with Crippen molar-refractivity contribution < 1.29 is 23.5 Å². The minimum atomic E-state index is -1.17. The third-order valence-electron chi connectivity index (χ3n) is 3.93. The lowest BCUT2D eigenvalue weighted by atomic mass is 10.0. The van der Waals surface area contributed by atoms with Crippen LogP contribution in [0.25, 0.3) is 0 Å². The number of amides is 1. The van der Waals surface area contributed by atoms with E-state index in [0.717, 1.165) is 28.8 Å². The summed E-state index contributed by atoms with van der Waals surface area (Å²) in [7, 11) is 0. The van der Waals surface area contributed by atoms with Gasteiger partial charge in [0, 0.05) is 12.5 Å². The first kappa shape index (κ1) is 18.6. The van der Waals surface area contributed by atoms with Gasteiger partial charge in [0.15, 0.2) is 0 Å². The second-order valence-electron chi connectivity index (χ2n) is 6.04. The summed E-state index contributed by atoms with van der Waals surface area (Å²) in [5.41, 5.74) is 3.05. The van der Waals surface area contributed by atoms with Crippen molar-refractivity contribution in [2.45, 2.75) is 32.7 Å². The lowest BCUT2D eigenvalue weighted by molar-refractivity contribution is -0.141. The van der Waals surface area contributed by atoms with Gasteiger partial charge < -0.3 is 10.4 Å². The number of halogens is 2. The Morgan fingerprint density at radius 3 is 2.20 bits per heavy atom. The van der Waals surface area contributed by atoms with Gasteiger partial charge in [-0.15, -0.1) is 0 Å². The molecule has 6 heteroatoms. The van der Waals surface area contributed by atoms with Crippen LogP contribution in [0.3, 0.4) is 0 Å². The maximum absolute atomic E-state index is 13.2. The van der Waals surface area contributed by atoms with Crippen molar-refractivity contribution >= 4 is 11.9 Å². The van der Waals surface area contributed by atoms with E-state index in [-0.39, 0.29) is 18.4 Å². The van der Waals surface area contributed by atoms with Crippen LogP contribution in [0.5, 0.6) is 0 Å². The van der Waals surface area contributed by atoms with Crippen LogP contribution in [-0.4, -0.2) is 23.0 Å². The molecule has 0 radical (unpaired) electrons. The summed E-state index contributed by atoms with van der Waals surface area (Å²) in [6, 6.07) is 7.25. The standard InChI is InChI=1S/C19H19F2NO3/c1-11-3-4-13(5-12(11)2)8-17(19(24)25)22-18(23)9-14-6-15(20)10-16(21)7-14/h3-7,10,17H,8-9H2,1-2H3,(H,22,23)(H,24,25)/t17-/m0/s1. The van der Waals surface area contributed by atoms with Crippen LogP contribution in [0, 0.1) is 25.5 Å². The topological polar surface area (TPSA) is 66.4 Å². The Bertz CT molecular complexity index is 785. The van der Waals surface area contributed by atoms with E-state index in [1.165, 1.54) is 0 Å². The fourth-order valence-corrected chi connectivity index (χ4v) is 2.51. The zero-order valence-electron chi connectivity index (χ0n) is 14.0. The number of carboxylic acid groups (broad SMARTS) is 1. The lowest BCUT2D eigenvalue weighted by Crippen LogP contribution is -2.43. The normalized spacial score (nSPS) is 11.8. The molecule has 0 aromatic heterocycles. The minimum absolute atomic E-state index is 0.125. The monoisotopic (exact) mass is 347 g/mol. The van der Waals surface area contributed by atoms with E-state index in [2.05, 4.69) is 5.32 Å². The van der Waals surface area contributed by atoms with E-state index in [9.17, 15) is 23.5 Å². The van der Waals surface area contributed by atoms with Crippen molar-refractivity contribution in [1.29, 1.82) is 0 Å². The summed E-state index contributed by atoms with van der Waals surface area (Å²) in [5, 5.41) is 11.7. The highest BCUT2D eigenvalue weighted by Crippen LogP contribution is 2.12. The number of nitrogens with one attached hydrogen (secondary N) is 1. The molecule has 132 valence electrons. The molecule has 4 nitrogen and oxygen atoms in total. The predicted molar refractivity (Wildman–Crippen MR) is 89.2 cm³/mol. The van der Waals surface area contributed by atoms with E-state index in [4.69, 9.17) is 0 Å². The van der Waals surface area contributed by atoms with E-state index < -0.39 is 29.6 Å². The molecule has 0 bridgehead atoms. The third-order valence-corrected chi connectivity index (χ3v) is 3.93. The quantitative estimate of drug-likeness (QED) is 0.844. The summed E-state index contributed by atoms with van der Waals surface area (Å²) in [6.07, 6.45) is -0.176. The Balaban J connectivity index is 2.06. The molecule has 0 saturated heterocycles. The molecular weight excluding hydrogens is 328 g/mol. The SMILES string of the molecule is Cc1ccc(C[C@H](NC(=O)Cc2cc(F)cc(F)c2)C(=O)O)cc1C. The highest BCUT2D eigenvalue weighted by Gasteiger charge is 2.21. The van der Waals surface area contributed by atoms with Crippen molar-refractivity contribution in [3.8, 4) is 0 Å². The maximum Gasteiger partial charge on any atom is 0.326 e. The number of aryl methyl sites for hydroxylation is 2. The number of hydrogen-bond acceptors (Lipinski definition) is 2. The first-order valence-electron chi connectivity index (χ1n) is 7.78. The Morgan fingerprint density at radius 2 is 1.64 bits per heavy atom. The van der Waals surface area contributed by atoms with Crippen molar-refractivity contribution in [3.05, 3.63) is 70.3 Å². The van der Waals surface area contributed by atoms with Crippen LogP contribution in [0.1, 0.15) is 22.3 Å². The van der Waals surface area contributed by atoms with E-state index in [1.807, 2.05) is 32.0 Å². The molecule has 2 rings (SSSR count). The molecule has 2 N–H and O–H groups in total. The number of carboxylic acids is 1. The van der Waals surface area contributed by atoms with E-state index >= 15 is 0 Å². The molecule has 25 heavy (non-hydrogen) atoms.